The molecule has 38 heavy (non-hydrogen) atoms. The Bertz CT molecular complexity index is 1650. The monoisotopic (exact) mass is 652 g/mol. The van der Waals surface area contributed by atoms with E-state index in [0.29, 0.717) is 9.59 Å². The van der Waals surface area contributed by atoms with Crippen molar-refractivity contribution in [2.45, 2.75) is 16.0 Å². The fraction of sp³-hybridized carbons (Fsp3) is 0.0811. The molecular weight excluding hydrogens is 623 g/mol. The third-order valence-corrected chi connectivity index (χ3v) is 14.2. The second-order valence-corrected chi connectivity index (χ2v) is 15.1. The second-order valence-electron chi connectivity index (χ2n) is 10.2. The van der Waals surface area contributed by atoms with E-state index >= 15 is 0 Å². The molecule has 0 amide bonds. The minimum absolute atomic E-state index is 0.388. The predicted octanol–water partition coefficient (Wildman–Crippen LogP) is 9.27. The number of hydrogen-bond donors (Lipinski definition) is 0. The zero-order valence-corrected chi connectivity index (χ0v) is 24.8. The van der Waals surface area contributed by atoms with Crippen molar-refractivity contribution in [3.63, 3.8) is 0 Å². The molecule has 5 aromatic rings. The number of fused-ring (bicyclic) bond motifs is 2. The zero-order valence-electron chi connectivity index (χ0n) is 21.2. The molecule has 0 saturated heterocycles. The maximum atomic E-state index is 2.47. The summed E-state index contributed by atoms with van der Waals surface area (Å²) in [7, 11) is 0. The summed E-state index contributed by atoms with van der Waals surface area (Å²) in [6.45, 7) is 0. The molecule has 0 radical (unpaired) electrons. The van der Waals surface area contributed by atoms with Crippen LogP contribution in [0.15, 0.2) is 140 Å². The molecule has 2 atom stereocenters. The average molecular weight is 651 g/mol. The number of benzene rings is 5. The van der Waals surface area contributed by atoms with Crippen LogP contribution in [0.2, 0.25) is 0 Å². The Morgan fingerprint density at radius 3 is 1.84 bits per heavy atom. The van der Waals surface area contributed by atoms with Crippen molar-refractivity contribution in [3.05, 3.63) is 178 Å². The summed E-state index contributed by atoms with van der Waals surface area (Å²) in [6, 6.07) is 51.7. The normalized spacial score (nSPS) is 17.6. The molecule has 0 aliphatic heterocycles. The van der Waals surface area contributed by atoms with Crippen molar-refractivity contribution in [2.75, 3.05) is 0 Å². The van der Waals surface area contributed by atoms with Gasteiger partial charge in [-0.25, -0.2) is 0 Å². The molecule has 2 unspecified atom stereocenters. The van der Waals surface area contributed by atoms with Gasteiger partial charge in [-0.05, 0) is 0 Å². The van der Waals surface area contributed by atoms with Crippen molar-refractivity contribution in [1.82, 2.24) is 0 Å². The summed E-state index contributed by atoms with van der Waals surface area (Å²) in [5, 5.41) is 0. The van der Waals surface area contributed by atoms with Crippen LogP contribution in [0.1, 0.15) is 48.5 Å². The van der Waals surface area contributed by atoms with Gasteiger partial charge in [-0.1, -0.05) is 0 Å². The topological polar surface area (TPSA) is 0 Å². The zero-order chi connectivity index (χ0) is 25.3. The first-order chi connectivity index (χ1) is 18.9. The summed E-state index contributed by atoms with van der Waals surface area (Å²) in [6.07, 6.45) is 3.50. The van der Waals surface area contributed by atoms with Gasteiger partial charge in [0.15, 0.2) is 0 Å². The van der Waals surface area contributed by atoms with Gasteiger partial charge in [0, 0.05) is 0 Å². The quantitative estimate of drug-likeness (QED) is 0.161. The van der Waals surface area contributed by atoms with E-state index < -0.39 is 22.9 Å². The Morgan fingerprint density at radius 1 is 0.526 bits per heavy atom. The van der Waals surface area contributed by atoms with Gasteiger partial charge in [0.25, 0.3) is 0 Å². The molecule has 0 N–H and O–H groups in total. The van der Waals surface area contributed by atoms with Crippen LogP contribution in [0.3, 0.4) is 0 Å². The first kappa shape index (κ1) is 23.6. The standard InChI is InChI=1S/C22H17.C15H11.Hf/c1-3-9-17(10-4-1)15-22-20-14-8-7-13-19(20)16-21(22)18-11-5-2-6-12-18;1-2-6-12(7-3-1)15-10-13-8-4-5-9-14(13)11-15;/h1-14,22H,15H2;1-11H;. The van der Waals surface area contributed by atoms with E-state index in [1.54, 1.807) is 8.90 Å². The molecule has 0 aromatic heterocycles. The van der Waals surface area contributed by atoms with Crippen molar-refractivity contribution in [1.29, 1.82) is 0 Å². The Balaban J connectivity index is 1.40. The number of rotatable bonds is 6. The maximum absolute atomic E-state index is 2.47. The SMILES string of the molecule is C1=C(c2ccccc2)[CH]([Hf][C]2=C(c3ccccc3)C(Cc3ccccc3)c3ccccc32)c2ccccc21. The fourth-order valence-corrected chi connectivity index (χ4v) is 13.3. The van der Waals surface area contributed by atoms with Crippen LogP contribution in [0, 0.1) is 0 Å². The van der Waals surface area contributed by atoms with Crippen molar-refractivity contribution in [3.8, 4) is 0 Å². The Labute approximate surface area is 236 Å². The van der Waals surface area contributed by atoms with Crippen LogP contribution >= 0.6 is 0 Å². The molecule has 2 aliphatic carbocycles. The Hall–Kier alpha value is -3.55. The van der Waals surface area contributed by atoms with Crippen LogP contribution in [-0.2, 0) is 29.3 Å². The summed E-state index contributed by atoms with van der Waals surface area (Å²) in [4.78, 5) is 0. The van der Waals surface area contributed by atoms with E-state index in [0.717, 1.165) is 6.42 Å². The second kappa shape index (κ2) is 10.3. The summed E-state index contributed by atoms with van der Waals surface area (Å²) < 4.78 is 2.21. The fourth-order valence-electron chi connectivity index (χ4n) is 6.19. The molecule has 0 bridgehead atoms. The average Bonchev–Trinajstić information content (AvgIpc) is 3.51. The van der Waals surface area contributed by atoms with Crippen LogP contribution < -0.4 is 0 Å². The van der Waals surface area contributed by atoms with Crippen LogP contribution in [0.5, 0.6) is 0 Å². The van der Waals surface area contributed by atoms with Gasteiger partial charge in [0.1, 0.15) is 0 Å². The van der Waals surface area contributed by atoms with E-state index in [-0.39, 0.29) is 0 Å². The number of allylic oxidation sites excluding steroid dienone is 2. The summed E-state index contributed by atoms with van der Waals surface area (Å²) in [5.74, 6) is 0.388. The van der Waals surface area contributed by atoms with Crippen molar-refractivity contribution >= 4 is 20.6 Å². The van der Waals surface area contributed by atoms with Gasteiger partial charge in [-0.2, -0.15) is 0 Å². The van der Waals surface area contributed by atoms with E-state index in [4.69, 9.17) is 0 Å². The van der Waals surface area contributed by atoms with Crippen molar-refractivity contribution in [2.24, 2.45) is 0 Å². The molecule has 0 fully saturated rings. The van der Waals surface area contributed by atoms with Crippen LogP contribution in [0.4, 0.5) is 0 Å². The first-order valence-electron chi connectivity index (χ1n) is 13.4. The van der Waals surface area contributed by atoms with Gasteiger partial charge >= 0.3 is 238 Å². The molecule has 0 saturated carbocycles. The predicted molar refractivity (Wildman–Crippen MR) is 156 cm³/mol. The molecule has 180 valence electrons. The van der Waals surface area contributed by atoms with Crippen LogP contribution in [-0.4, -0.2) is 0 Å². The molecule has 0 spiro atoms. The molecule has 5 aromatic carbocycles. The third-order valence-electron chi connectivity index (χ3n) is 7.92. The van der Waals surface area contributed by atoms with Gasteiger partial charge < -0.3 is 0 Å². The van der Waals surface area contributed by atoms with E-state index in [1.165, 1.54) is 44.5 Å². The van der Waals surface area contributed by atoms with Crippen LogP contribution in [0.25, 0.3) is 20.6 Å². The Kier molecular flexibility index (Phi) is 6.39. The first-order valence-corrected chi connectivity index (χ1v) is 17.3. The van der Waals surface area contributed by atoms with Gasteiger partial charge in [-0.15, -0.1) is 0 Å². The van der Waals surface area contributed by atoms with E-state index in [1.807, 2.05) is 0 Å². The molecule has 0 heterocycles. The van der Waals surface area contributed by atoms with Gasteiger partial charge in [0.2, 0.25) is 0 Å². The van der Waals surface area contributed by atoms with E-state index in [2.05, 4.69) is 146 Å². The minimum atomic E-state index is -1.44. The molecular formula is C37H28Hf. The molecule has 0 nitrogen and oxygen atoms in total. The third kappa shape index (κ3) is 4.29. The number of hydrogen-bond acceptors (Lipinski definition) is 0. The molecule has 2 aliphatic rings. The Morgan fingerprint density at radius 2 is 1.11 bits per heavy atom. The van der Waals surface area contributed by atoms with Crippen molar-refractivity contribution < 1.29 is 22.9 Å². The van der Waals surface area contributed by atoms with Gasteiger partial charge in [0.05, 0.1) is 0 Å². The van der Waals surface area contributed by atoms with E-state index in [9.17, 15) is 0 Å². The molecule has 1 heteroatoms. The van der Waals surface area contributed by atoms with Gasteiger partial charge in [-0.3, -0.25) is 0 Å². The summed E-state index contributed by atoms with van der Waals surface area (Å²) >= 11 is -1.44. The molecule has 7 rings (SSSR count). The summed E-state index contributed by atoms with van der Waals surface area (Å²) in [5.41, 5.74) is 13.2.